The van der Waals surface area contributed by atoms with Gasteiger partial charge in [-0.3, -0.25) is 0 Å². The molecular weight excluding hydrogens is 240 g/mol. The minimum absolute atomic E-state index is 0.0419. The summed E-state index contributed by atoms with van der Waals surface area (Å²) in [6.07, 6.45) is -4.03. The Morgan fingerprint density at radius 1 is 1.24 bits per heavy atom. The topological polar surface area (TPSA) is 18.5 Å². The maximum Gasteiger partial charge on any atom is 0.573 e. The van der Waals surface area contributed by atoms with Gasteiger partial charge in [0.25, 0.3) is 0 Å². The first kappa shape index (κ1) is 13.8. The van der Waals surface area contributed by atoms with Crippen LogP contribution in [0.1, 0.15) is 18.9 Å². The smallest absolute Gasteiger partial charge is 0.406 e. The molecule has 0 aliphatic heterocycles. The van der Waals surface area contributed by atoms with Crippen LogP contribution >= 0.6 is 0 Å². The van der Waals surface area contributed by atoms with Crippen molar-refractivity contribution in [1.29, 1.82) is 0 Å². The maximum atomic E-state index is 13.2. The van der Waals surface area contributed by atoms with Gasteiger partial charge in [0.1, 0.15) is 11.6 Å². The van der Waals surface area contributed by atoms with Crippen LogP contribution in [0.25, 0.3) is 0 Å². The summed E-state index contributed by atoms with van der Waals surface area (Å²) in [6.45, 7) is 2.22. The summed E-state index contributed by atoms with van der Waals surface area (Å²) in [4.78, 5) is 0. The van der Waals surface area contributed by atoms with Gasteiger partial charge in [-0.2, -0.15) is 0 Å². The van der Waals surface area contributed by atoms with Crippen molar-refractivity contribution >= 4 is 0 Å². The molecule has 0 bridgehead atoms. The molecular formula is C11H12F4O2. The van der Waals surface area contributed by atoms with Gasteiger partial charge in [0.15, 0.2) is 0 Å². The Balaban J connectivity index is 2.72. The first-order valence-electron chi connectivity index (χ1n) is 5.04. The van der Waals surface area contributed by atoms with Crippen LogP contribution in [0.3, 0.4) is 0 Å². The number of halogens is 4. The third kappa shape index (κ3) is 5.04. The largest absolute Gasteiger partial charge is 0.573 e. The fourth-order valence-electron chi connectivity index (χ4n) is 1.19. The molecule has 0 saturated carbocycles. The lowest BCUT2D eigenvalue weighted by Gasteiger charge is -2.10. The Bertz CT molecular complexity index is 363. The number of hydrogen-bond acceptors (Lipinski definition) is 2. The fraction of sp³-hybridized carbons (Fsp3) is 0.455. The second-order valence-corrected chi connectivity index (χ2v) is 3.35. The highest BCUT2D eigenvalue weighted by molar-refractivity contribution is 5.29. The lowest BCUT2D eigenvalue weighted by atomic mass is 10.2. The highest BCUT2D eigenvalue weighted by atomic mass is 19.4. The molecule has 0 aliphatic rings. The normalized spacial score (nSPS) is 11.6. The van der Waals surface area contributed by atoms with Crippen molar-refractivity contribution < 1.29 is 27.0 Å². The first-order valence-corrected chi connectivity index (χ1v) is 5.04. The Hall–Kier alpha value is -1.30. The molecule has 17 heavy (non-hydrogen) atoms. The molecule has 0 heterocycles. The molecule has 0 aromatic heterocycles. The van der Waals surface area contributed by atoms with Crippen molar-refractivity contribution in [2.45, 2.75) is 26.3 Å². The third-order valence-electron chi connectivity index (χ3n) is 1.86. The maximum absolute atomic E-state index is 13.2. The van der Waals surface area contributed by atoms with Crippen molar-refractivity contribution in [3.8, 4) is 5.75 Å². The van der Waals surface area contributed by atoms with Crippen LogP contribution in [-0.2, 0) is 11.3 Å². The predicted octanol–water partition coefficient (Wildman–Crippen LogP) is 3.65. The van der Waals surface area contributed by atoms with Gasteiger partial charge in [-0.25, -0.2) is 4.39 Å². The molecule has 0 fully saturated rings. The minimum Gasteiger partial charge on any atom is -0.406 e. The molecule has 0 unspecified atom stereocenters. The van der Waals surface area contributed by atoms with Gasteiger partial charge in [-0.15, -0.1) is 13.2 Å². The van der Waals surface area contributed by atoms with Crippen molar-refractivity contribution in [3.63, 3.8) is 0 Å². The van der Waals surface area contributed by atoms with Crippen molar-refractivity contribution in [2.75, 3.05) is 6.61 Å². The Labute approximate surface area is 96.1 Å². The van der Waals surface area contributed by atoms with E-state index in [1.807, 2.05) is 6.92 Å². The number of hydrogen-bond donors (Lipinski definition) is 0. The molecule has 0 N–H and O–H groups in total. The zero-order valence-corrected chi connectivity index (χ0v) is 9.18. The summed E-state index contributed by atoms with van der Waals surface area (Å²) in [7, 11) is 0. The van der Waals surface area contributed by atoms with Gasteiger partial charge in [-0.1, -0.05) is 6.92 Å². The summed E-state index contributed by atoms with van der Waals surface area (Å²) in [5.41, 5.74) is 0.0419. The number of ether oxygens (including phenoxy) is 2. The zero-order valence-electron chi connectivity index (χ0n) is 9.18. The average Bonchev–Trinajstić information content (AvgIpc) is 2.21. The van der Waals surface area contributed by atoms with E-state index in [-0.39, 0.29) is 12.2 Å². The first-order chi connectivity index (χ1) is 7.92. The van der Waals surface area contributed by atoms with Crippen LogP contribution in [0, 0.1) is 5.82 Å². The van der Waals surface area contributed by atoms with Crippen LogP contribution in [0.15, 0.2) is 18.2 Å². The Morgan fingerprint density at radius 2 is 1.94 bits per heavy atom. The van der Waals surface area contributed by atoms with E-state index in [4.69, 9.17) is 4.74 Å². The summed E-state index contributed by atoms with van der Waals surface area (Å²) in [5.74, 6) is -1.07. The second-order valence-electron chi connectivity index (χ2n) is 3.35. The van der Waals surface area contributed by atoms with E-state index in [1.165, 1.54) is 0 Å². The van der Waals surface area contributed by atoms with E-state index in [0.29, 0.717) is 6.61 Å². The summed E-state index contributed by atoms with van der Waals surface area (Å²) < 4.78 is 57.8. The number of benzene rings is 1. The van der Waals surface area contributed by atoms with E-state index in [1.54, 1.807) is 0 Å². The second kappa shape index (κ2) is 5.86. The van der Waals surface area contributed by atoms with Gasteiger partial charge >= 0.3 is 6.36 Å². The number of rotatable bonds is 5. The highest BCUT2D eigenvalue weighted by Gasteiger charge is 2.31. The van der Waals surface area contributed by atoms with E-state index in [9.17, 15) is 17.6 Å². The van der Waals surface area contributed by atoms with Gasteiger partial charge in [0.05, 0.1) is 6.61 Å². The minimum atomic E-state index is -4.78. The lowest BCUT2D eigenvalue weighted by Crippen LogP contribution is -2.17. The standard InChI is InChI=1S/C11H12F4O2/c1-2-5-16-7-8-6-9(3-4-10(8)12)17-11(13,14)15/h3-4,6H,2,5,7H2,1H3. The molecule has 1 rings (SSSR count). The van der Waals surface area contributed by atoms with E-state index < -0.39 is 17.9 Å². The molecule has 2 nitrogen and oxygen atoms in total. The van der Waals surface area contributed by atoms with Gasteiger partial charge in [0, 0.05) is 12.2 Å². The summed E-state index contributed by atoms with van der Waals surface area (Å²) >= 11 is 0. The Morgan fingerprint density at radius 3 is 2.53 bits per heavy atom. The Kier molecular flexibility index (Phi) is 4.74. The molecule has 0 spiro atoms. The van der Waals surface area contributed by atoms with Crippen LogP contribution < -0.4 is 4.74 Å². The van der Waals surface area contributed by atoms with E-state index >= 15 is 0 Å². The SMILES string of the molecule is CCCOCc1cc(OC(F)(F)F)ccc1F. The van der Waals surface area contributed by atoms with E-state index in [0.717, 1.165) is 24.6 Å². The molecule has 1 aromatic carbocycles. The van der Waals surface area contributed by atoms with Gasteiger partial charge < -0.3 is 9.47 Å². The van der Waals surface area contributed by atoms with E-state index in [2.05, 4.69) is 4.74 Å². The summed E-state index contributed by atoms with van der Waals surface area (Å²) in [5, 5.41) is 0. The monoisotopic (exact) mass is 252 g/mol. The van der Waals surface area contributed by atoms with Crippen LogP contribution in [0.5, 0.6) is 5.75 Å². The lowest BCUT2D eigenvalue weighted by molar-refractivity contribution is -0.274. The molecule has 96 valence electrons. The van der Waals surface area contributed by atoms with Crippen LogP contribution in [0.4, 0.5) is 17.6 Å². The van der Waals surface area contributed by atoms with Crippen molar-refractivity contribution in [1.82, 2.24) is 0 Å². The third-order valence-corrected chi connectivity index (χ3v) is 1.86. The predicted molar refractivity (Wildman–Crippen MR) is 53.0 cm³/mol. The highest BCUT2D eigenvalue weighted by Crippen LogP contribution is 2.24. The van der Waals surface area contributed by atoms with Crippen molar-refractivity contribution in [2.24, 2.45) is 0 Å². The van der Waals surface area contributed by atoms with Crippen molar-refractivity contribution in [3.05, 3.63) is 29.6 Å². The van der Waals surface area contributed by atoms with Crippen LogP contribution in [-0.4, -0.2) is 13.0 Å². The molecule has 1 aromatic rings. The molecule has 0 amide bonds. The number of alkyl halides is 3. The molecule has 0 radical (unpaired) electrons. The fourth-order valence-corrected chi connectivity index (χ4v) is 1.19. The van der Waals surface area contributed by atoms with Gasteiger partial charge in [0.2, 0.25) is 0 Å². The molecule has 0 aliphatic carbocycles. The zero-order chi connectivity index (χ0) is 12.9. The average molecular weight is 252 g/mol. The summed E-state index contributed by atoms with van der Waals surface area (Å²) in [6, 6.07) is 2.83. The molecule has 6 heteroatoms. The molecule has 0 atom stereocenters. The molecule has 0 saturated heterocycles. The van der Waals surface area contributed by atoms with Gasteiger partial charge in [-0.05, 0) is 24.6 Å². The quantitative estimate of drug-likeness (QED) is 0.588. The van der Waals surface area contributed by atoms with Crippen LogP contribution in [0.2, 0.25) is 0 Å².